The molecule has 24 heavy (non-hydrogen) atoms. The largest absolute Gasteiger partial charge is 0.352 e. The molecule has 1 heterocycles. The summed E-state index contributed by atoms with van der Waals surface area (Å²) in [5.41, 5.74) is 2.85. The molecule has 5 heteroatoms. The number of halogens is 1. The third-order valence-corrected chi connectivity index (χ3v) is 4.62. The van der Waals surface area contributed by atoms with E-state index in [1.54, 1.807) is 11.0 Å². The summed E-state index contributed by atoms with van der Waals surface area (Å²) in [4.78, 5) is 26.3. The molecular formula is C19H19ClN2O2. The molecule has 0 bridgehead atoms. The second-order valence-electron chi connectivity index (χ2n) is 6.05. The highest BCUT2D eigenvalue weighted by Crippen LogP contribution is 2.25. The lowest BCUT2D eigenvalue weighted by molar-refractivity contribution is -0.126. The number of rotatable bonds is 4. The van der Waals surface area contributed by atoms with E-state index in [0.29, 0.717) is 18.1 Å². The molecule has 124 valence electrons. The third-order valence-electron chi connectivity index (χ3n) is 4.25. The number of hydrogen-bond donors (Lipinski definition) is 1. The maximum absolute atomic E-state index is 12.4. The Hall–Kier alpha value is -2.33. The molecule has 1 fully saturated rings. The van der Waals surface area contributed by atoms with E-state index in [2.05, 4.69) is 5.32 Å². The highest BCUT2D eigenvalue weighted by Gasteiger charge is 2.34. The monoisotopic (exact) mass is 342 g/mol. The molecule has 3 rings (SSSR count). The van der Waals surface area contributed by atoms with Gasteiger partial charge in [-0.2, -0.15) is 0 Å². The molecule has 2 amide bonds. The molecule has 0 spiro atoms. The standard InChI is InChI=1S/C19H19ClN2O2/c1-13-6-8-16(9-7-13)22-12-15(10-18(22)23)19(24)21-11-14-4-2-3-5-17(14)20/h2-9,15H,10-12H2,1H3,(H,21,24)/t15-/m0/s1. The van der Waals surface area contributed by atoms with Crippen molar-refractivity contribution in [2.75, 3.05) is 11.4 Å². The van der Waals surface area contributed by atoms with Gasteiger partial charge in [-0.3, -0.25) is 9.59 Å². The Kier molecular flexibility index (Phi) is 4.86. The first-order valence-corrected chi connectivity index (χ1v) is 8.30. The van der Waals surface area contributed by atoms with Gasteiger partial charge in [-0.1, -0.05) is 47.5 Å². The SMILES string of the molecule is Cc1ccc(N2C[C@@H](C(=O)NCc3ccccc3Cl)CC2=O)cc1. The van der Waals surface area contributed by atoms with Gasteiger partial charge >= 0.3 is 0 Å². The van der Waals surface area contributed by atoms with Gasteiger partial charge in [-0.05, 0) is 30.7 Å². The Labute approximate surface area is 146 Å². The fourth-order valence-electron chi connectivity index (χ4n) is 2.83. The van der Waals surface area contributed by atoms with Crippen LogP contribution in [-0.2, 0) is 16.1 Å². The van der Waals surface area contributed by atoms with Crippen molar-refractivity contribution in [3.8, 4) is 0 Å². The van der Waals surface area contributed by atoms with Gasteiger partial charge in [0, 0.05) is 30.2 Å². The van der Waals surface area contributed by atoms with Gasteiger partial charge in [0.05, 0.1) is 5.92 Å². The molecule has 0 unspecified atom stereocenters. The molecule has 0 radical (unpaired) electrons. The molecule has 1 N–H and O–H groups in total. The predicted molar refractivity (Wildman–Crippen MR) is 94.9 cm³/mol. The molecule has 1 saturated heterocycles. The van der Waals surface area contributed by atoms with Crippen LogP contribution in [0.3, 0.4) is 0 Å². The van der Waals surface area contributed by atoms with Crippen LogP contribution < -0.4 is 10.2 Å². The number of nitrogens with one attached hydrogen (secondary N) is 1. The van der Waals surface area contributed by atoms with Gasteiger partial charge in [-0.15, -0.1) is 0 Å². The highest BCUT2D eigenvalue weighted by atomic mass is 35.5. The van der Waals surface area contributed by atoms with Crippen molar-refractivity contribution in [2.45, 2.75) is 19.9 Å². The normalized spacial score (nSPS) is 17.2. The summed E-state index contributed by atoms with van der Waals surface area (Å²) in [6, 6.07) is 15.2. The van der Waals surface area contributed by atoms with Gasteiger partial charge < -0.3 is 10.2 Å². The lowest BCUT2D eigenvalue weighted by Crippen LogP contribution is -2.32. The maximum atomic E-state index is 12.4. The van der Waals surface area contributed by atoms with Crippen molar-refractivity contribution < 1.29 is 9.59 Å². The number of aryl methyl sites for hydroxylation is 1. The molecular weight excluding hydrogens is 324 g/mol. The van der Waals surface area contributed by atoms with E-state index in [1.165, 1.54) is 0 Å². The molecule has 1 atom stereocenters. The molecule has 0 aromatic heterocycles. The van der Waals surface area contributed by atoms with E-state index in [0.717, 1.165) is 16.8 Å². The van der Waals surface area contributed by atoms with Gasteiger partial charge in [0.25, 0.3) is 0 Å². The Morgan fingerprint density at radius 1 is 1.21 bits per heavy atom. The van der Waals surface area contributed by atoms with E-state index < -0.39 is 0 Å². The summed E-state index contributed by atoms with van der Waals surface area (Å²) in [6.07, 6.45) is 0.238. The number of nitrogens with zero attached hydrogens (tertiary/aromatic N) is 1. The van der Waals surface area contributed by atoms with Crippen LogP contribution in [0.2, 0.25) is 5.02 Å². The van der Waals surface area contributed by atoms with Gasteiger partial charge in [-0.25, -0.2) is 0 Å². The second-order valence-corrected chi connectivity index (χ2v) is 6.46. The number of benzene rings is 2. The van der Waals surface area contributed by atoms with E-state index in [-0.39, 0.29) is 24.2 Å². The maximum Gasteiger partial charge on any atom is 0.227 e. The number of carbonyl (C=O) groups excluding carboxylic acids is 2. The van der Waals surface area contributed by atoms with Crippen LogP contribution in [0, 0.1) is 12.8 Å². The fourth-order valence-corrected chi connectivity index (χ4v) is 3.03. The smallest absolute Gasteiger partial charge is 0.227 e. The first-order chi connectivity index (χ1) is 11.5. The molecule has 2 aromatic rings. The van der Waals surface area contributed by atoms with Gasteiger partial charge in [0.15, 0.2) is 0 Å². The second kappa shape index (κ2) is 7.05. The highest BCUT2D eigenvalue weighted by molar-refractivity contribution is 6.31. The summed E-state index contributed by atoms with van der Waals surface area (Å²) in [5.74, 6) is -0.462. The average molecular weight is 343 g/mol. The summed E-state index contributed by atoms with van der Waals surface area (Å²) < 4.78 is 0. The van der Waals surface area contributed by atoms with Crippen molar-refractivity contribution in [1.82, 2.24) is 5.32 Å². The van der Waals surface area contributed by atoms with Crippen LogP contribution in [0.5, 0.6) is 0 Å². The zero-order valence-corrected chi connectivity index (χ0v) is 14.2. The van der Waals surface area contributed by atoms with E-state index in [1.807, 2.05) is 49.4 Å². The van der Waals surface area contributed by atoms with Crippen LogP contribution in [0.15, 0.2) is 48.5 Å². The summed E-state index contributed by atoms with van der Waals surface area (Å²) >= 11 is 6.09. The summed E-state index contributed by atoms with van der Waals surface area (Å²) in [6.45, 7) is 2.78. The molecule has 1 aliphatic rings. The van der Waals surface area contributed by atoms with E-state index >= 15 is 0 Å². The minimum absolute atomic E-state index is 0.0169. The number of carbonyl (C=O) groups is 2. The first kappa shape index (κ1) is 16.5. The topological polar surface area (TPSA) is 49.4 Å². The average Bonchev–Trinajstić information content (AvgIpc) is 2.96. The van der Waals surface area contributed by atoms with Crippen molar-refractivity contribution in [1.29, 1.82) is 0 Å². The minimum Gasteiger partial charge on any atom is -0.352 e. The van der Waals surface area contributed by atoms with Crippen molar-refractivity contribution in [3.63, 3.8) is 0 Å². The van der Waals surface area contributed by atoms with Crippen LogP contribution >= 0.6 is 11.6 Å². The van der Waals surface area contributed by atoms with Crippen LogP contribution in [0.25, 0.3) is 0 Å². The van der Waals surface area contributed by atoms with Crippen molar-refractivity contribution >= 4 is 29.1 Å². The Morgan fingerprint density at radius 3 is 2.62 bits per heavy atom. The molecule has 0 aliphatic carbocycles. The zero-order valence-electron chi connectivity index (χ0n) is 13.5. The zero-order chi connectivity index (χ0) is 17.1. The fraction of sp³-hybridized carbons (Fsp3) is 0.263. The lowest BCUT2D eigenvalue weighted by Gasteiger charge is -2.17. The van der Waals surface area contributed by atoms with Gasteiger partial charge in [0.2, 0.25) is 11.8 Å². The van der Waals surface area contributed by atoms with Crippen LogP contribution in [0.1, 0.15) is 17.5 Å². The summed E-state index contributed by atoms with van der Waals surface area (Å²) in [7, 11) is 0. The molecule has 0 saturated carbocycles. The van der Waals surface area contributed by atoms with E-state index in [9.17, 15) is 9.59 Å². The molecule has 4 nitrogen and oxygen atoms in total. The molecule has 1 aliphatic heterocycles. The first-order valence-electron chi connectivity index (χ1n) is 7.93. The Morgan fingerprint density at radius 2 is 1.92 bits per heavy atom. The summed E-state index contributed by atoms with van der Waals surface area (Å²) in [5, 5.41) is 3.51. The Balaban J connectivity index is 1.62. The number of amides is 2. The van der Waals surface area contributed by atoms with Crippen LogP contribution in [-0.4, -0.2) is 18.4 Å². The van der Waals surface area contributed by atoms with Gasteiger partial charge in [0.1, 0.15) is 0 Å². The van der Waals surface area contributed by atoms with Crippen molar-refractivity contribution in [3.05, 3.63) is 64.7 Å². The minimum atomic E-state index is -0.332. The number of hydrogen-bond acceptors (Lipinski definition) is 2. The van der Waals surface area contributed by atoms with Crippen molar-refractivity contribution in [2.24, 2.45) is 5.92 Å². The Bertz CT molecular complexity index is 758. The van der Waals surface area contributed by atoms with E-state index in [4.69, 9.17) is 11.6 Å². The quantitative estimate of drug-likeness (QED) is 0.926. The molecule has 2 aromatic carbocycles. The lowest BCUT2D eigenvalue weighted by atomic mass is 10.1. The predicted octanol–water partition coefficient (Wildman–Crippen LogP) is 3.32. The van der Waals surface area contributed by atoms with Crippen LogP contribution in [0.4, 0.5) is 5.69 Å². The third kappa shape index (κ3) is 3.60. The number of anilines is 1.